The van der Waals surface area contributed by atoms with E-state index in [0.29, 0.717) is 11.1 Å². The highest BCUT2D eigenvalue weighted by molar-refractivity contribution is 6.00. The third kappa shape index (κ3) is 4.45. The molecule has 0 aliphatic heterocycles. The highest BCUT2D eigenvalue weighted by Gasteiger charge is 2.19. The summed E-state index contributed by atoms with van der Waals surface area (Å²) < 4.78 is 0. The minimum Gasteiger partial charge on any atom is -0.507 e. The number of phenolic OH excluding ortho intramolecular Hbond substituents is 1. The smallest absolute Gasteiger partial charge is 0.264 e. The van der Waals surface area contributed by atoms with E-state index in [4.69, 9.17) is 0 Å². The van der Waals surface area contributed by atoms with Crippen molar-refractivity contribution in [2.24, 2.45) is 0 Å². The molecule has 1 amide bonds. The molecule has 4 rings (SSSR count). The number of carbonyl (C=O) groups excluding carboxylic acids is 1. The van der Waals surface area contributed by atoms with Crippen molar-refractivity contribution in [3.63, 3.8) is 0 Å². The van der Waals surface area contributed by atoms with Crippen LogP contribution < -0.4 is 10.6 Å². The molecule has 3 N–H and O–H groups in total. The third-order valence-corrected chi connectivity index (χ3v) is 5.18. The molecule has 4 aromatic rings. The quantitative estimate of drug-likeness (QED) is 0.294. The van der Waals surface area contributed by atoms with Gasteiger partial charge in [0.15, 0.2) is 0 Å². The minimum atomic E-state index is -0.485. The van der Waals surface area contributed by atoms with Gasteiger partial charge < -0.3 is 15.7 Å². The van der Waals surface area contributed by atoms with Gasteiger partial charge in [-0.2, -0.15) is 5.26 Å². The molecule has 156 valence electrons. The maximum atomic E-state index is 13.0. The average Bonchev–Trinajstić information content (AvgIpc) is 2.84. The molecule has 0 bridgehead atoms. The predicted octanol–water partition coefficient (Wildman–Crippen LogP) is 5.27. The fourth-order valence-corrected chi connectivity index (χ4v) is 3.58. The number of aromatic hydroxyl groups is 1. The van der Waals surface area contributed by atoms with Crippen LogP contribution in [0.25, 0.3) is 10.8 Å². The number of hydrogen-bond donors (Lipinski definition) is 3. The van der Waals surface area contributed by atoms with E-state index in [9.17, 15) is 15.2 Å². The van der Waals surface area contributed by atoms with Gasteiger partial charge in [0, 0.05) is 22.7 Å². The Labute approximate surface area is 186 Å². The molecule has 5 nitrogen and oxygen atoms in total. The molecular weight excluding hydrogens is 398 g/mol. The largest absolute Gasteiger partial charge is 0.507 e. The minimum absolute atomic E-state index is 0.0565. The first-order valence-corrected chi connectivity index (χ1v) is 10.2. The molecule has 0 aliphatic rings. The molecule has 0 saturated heterocycles. The lowest BCUT2D eigenvalue weighted by molar-refractivity contribution is -0.117. The summed E-state index contributed by atoms with van der Waals surface area (Å²) in [6, 6.07) is 31.5. The molecule has 5 heteroatoms. The van der Waals surface area contributed by atoms with Crippen LogP contribution in [0.5, 0.6) is 5.75 Å². The van der Waals surface area contributed by atoms with E-state index in [1.54, 1.807) is 18.2 Å². The van der Waals surface area contributed by atoms with Crippen molar-refractivity contribution in [1.29, 1.82) is 5.26 Å². The van der Waals surface area contributed by atoms with Gasteiger partial charge in [-0.25, -0.2) is 0 Å². The van der Waals surface area contributed by atoms with Crippen molar-refractivity contribution in [1.82, 2.24) is 5.32 Å². The molecule has 0 unspecified atom stereocenters. The lowest BCUT2D eigenvalue weighted by Crippen LogP contribution is -2.30. The molecule has 0 radical (unpaired) electrons. The Hall–Kier alpha value is -4.56. The first-order valence-electron chi connectivity index (χ1n) is 10.2. The van der Waals surface area contributed by atoms with Gasteiger partial charge in [-0.05, 0) is 23.3 Å². The maximum Gasteiger partial charge on any atom is 0.264 e. The van der Waals surface area contributed by atoms with E-state index in [1.807, 2.05) is 84.9 Å². The number of fused-ring (bicyclic) bond motifs is 1. The Bertz CT molecular complexity index is 1270. The summed E-state index contributed by atoms with van der Waals surface area (Å²) in [4.78, 5) is 13.0. The topological polar surface area (TPSA) is 85.2 Å². The number of hydrogen-bond acceptors (Lipinski definition) is 4. The normalized spacial score (nSPS) is 11.2. The van der Waals surface area contributed by atoms with Gasteiger partial charge in [-0.1, -0.05) is 84.9 Å². The molecule has 0 spiro atoms. The predicted molar refractivity (Wildman–Crippen MR) is 126 cm³/mol. The third-order valence-electron chi connectivity index (χ3n) is 5.18. The average molecular weight is 419 g/mol. The zero-order valence-corrected chi connectivity index (χ0v) is 17.2. The van der Waals surface area contributed by atoms with Gasteiger partial charge in [0.1, 0.15) is 17.4 Å². The molecule has 32 heavy (non-hydrogen) atoms. The van der Waals surface area contributed by atoms with E-state index in [2.05, 4.69) is 10.6 Å². The van der Waals surface area contributed by atoms with Crippen LogP contribution in [-0.4, -0.2) is 11.0 Å². The van der Waals surface area contributed by atoms with Gasteiger partial charge >= 0.3 is 0 Å². The highest BCUT2D eigenvalue weighted by atomic mass is 16.3. The molecule has 0 atom stereocenters. The van der Waals surface area contributed by atoms with Crippen LogP contribution in [0.1, 0.15) is 17.2 Å². The molecule has 0 aromatic heterocycles. The highest BCUT2D eigenvalue weighted by Crippen LogP contribution is 2.30. The van der Waals surface area contributed by atoms with Crippen LogP contribution in [0.4, 0.5) is 5.69 Å². The Morgan fingerprint density at radius 1 is 0.812 bits per heavy atom. The van der Waals surface area contributed by atoms with Crippen LogP contribution >= 0.6 is 0 Å². The fourth-order valence-electron chi connectivity index (χ4n) is 3.58. The van der Waals surface area contributed by atoms with E-state index in [1.165, 1.54) is 6.20 Å². The molecule has 0 saturated carbocycles. The monoisotopic (exact) mass is 419 g/mol. The van der Waals surface area contributed by atoms with Crippen molar-refractivity contribution in [2.75, 3.05) is 5.32 Å². The number of anilines is 1. The van der Waals surface area contributed by atoms with E-state index < -0.39 is 11.9 Å². The molecule has 0 heterocycles. The molecule has 0 aliphatic carbocycles. The zero-order chi connectivity index (χ0) is 22.3. The number of benzene rings is 4. The van der Waals surface area contributed by atoms with Gasteiger partial charge in [-0.3, -0.25) is 4.79 Å². The Morgan fingerprint density at radius 2 is 1.41 bits per heavy atom. The van der Waals surface area contributed by atoms with Crippen LogP contribution in [-0.2, 0) is 4.79 Å². The van der Waals surface area contributed by atoms with Crippen LogP contribution in [0.2, 0.25) is 0 Å². The summed E-state index contributed by atoms with van der Waals surface area (Å²) in [5.74, 6) is -0.317. The second-order valence-electron chi connectivity index (χ2n) is 7.22. The Balaban J connectivity index is 1.60. The Kier molecular flexibility index (Phi) is 6.15. The van der Waals surface area contributed by atoms with Crippen molar-refractivity contribution >= 4 is 22.4 Å². The lowest BCUT2D eigenvalue weighted by atomic mass is 9.98. The first-order chi connectivity index (χ1) is 15.7. The number of rotatable bonds is 6. The van der Waals surface area contributed by atoms with Crippen molar-refractivity contribution < 1.29 is 9.90 Å². The molecular formula is C27H21N3O2. The van der Waals surface area contributed by atoms with E-state index in [0.717, 1.165) is 16.5 Å². The molecule has 0 fully saturated rings. The lowest BCUT2D eigenvalue weighted by Gasteiger charge is -2.19. The van der Waals surface area contributed by atoms with Crippen molar-refractivity contribution in [3.05, 3.63) is 120 Å². The number of nitrogens with zero attached hydrogens (tertiary/aromatic N) is 1. The summed E-state index contributed by atoms with van der Waals surface area (Å²) in [7, 11) is 0. The zero-order valence-electron chi connectivity index (χ0n) is 17.2. The summed E-state index contributed by atoms with van der Waals surface area (Å²) in [5.41, 5.74) is 2.46. The van der Waals surface area contributed by atoms with Crippen LogP contribution in [0, 0.1) is 11.3 Å². The number of nitrogens with one attached hydrogen (secondary N) is 2. The molecule has 4 aromatic carbocycles. The standard InChI is InChI=1S/C27H21N3O2/c28-17-21(18-29-24-15-7-14-23-22(24)13-8-16-25(23)31)27(32)30-26(19-9-3-1-4-10-19)20-11-5-2-6-12-20/h1-16,18,26,29,31H,(H,30,32)/b21-18-. The van der Waals surface area contributed by atoms with Gasteiger partial charge in [0.05, 0.1) is 6.04 Å². The fraction of sp³-hybridized carbons (Fsp3) is 0.0370. The number of carbonyl (C=O) groups is 1. The summed E-state index contributed by atoms with van der Waals surface area (Å²) in [6.45, 7) is 0. The second kappa shape index (κ2) is 9.50. The van der Waals surface area contributed by atoms with Crippen molar-refractivity contribution in [3.8, 4) is 11.8 Å². The first kappa shape index (κ1) is 20.7. The van der Waals surface area contributed by atoms with Gasteiger partial charge in [0.2, 0.25) is 0 Å². The SMILES string of the molecule is N#C/C(=C/Nc1cccc2c(O)cccc12)C(=O)NC(c1ccccc1)c1ccccc1. The Morgan fingerprint density at radius 3 is 2.03 bits per heavy atom. The number of nitriles is 1. The maximum absolute atomic E-state index is 13.0. The summed E-state index contributed by atoms with van der Waals surface area (Å²) in [5, 5.41) is 27.2. The number of phenols is 1. The van der Waals surface area contributed by atoms with Crippen molar-refractivity contribution in [2.45, 2.75) is 6.04 Å². The second-order valence-corrected chi connectivity index (χ2v) is 7.22. The van der Waals surface area contributed by atoms with Crippen LogP contribution in [0.15, 0.2) is 109 Å². The van der Waals surface area contributed by atoms with E-state index >= 15 is 0 Å². The van der Waals surface area contributed by atoms with Gasteiger partial charge in [-0.15, -0.1) is 0 Å². The van der Waals surface area contributed by atoms with E-state index in [-0.39, 0.29) is 11.3 Å². The summed E-state index contributed by atoms with van der Waals surface area (Å²) in [6.07, 6.45) is 1.39. The van der Waals surface area contributed by atoms with Gasteiger partial charge in [0.25, 0.3) is 5.91 Å². The van der Waals surface area contributed by atoms with Crippen LogP contribution in [0.3, 0.4) is 0 Å². The summed E-state index contributed by atoms with van der Waals surface area (Å²) >= 11 is 0. The number of amides is 1.